The van der Waals surface area contributed by atoms with Crippen molar-refractivity contribution >= 4 is 28.3 Å². The van der Waals surface area contributed by atoms with E-state index < -0.39 is 15.9 Å². The van der Waals surface area contributed by atoms with Gasteiger partial charge >= 0.3 is 0 Å². The predicted molar refractivity (Wildman–Crippen MR) is 87.8 cm³/mol. The van der Waals surface area contributed by atoms with Gasteiger partial charge in [-0.25, -0.2) is 8.42 Å². The van der Waals surface area contributed by atoms with E-state index in [1.54, 1.807) is 20.0 Å². The van der Waals surface area contributed by atoms with Crippen LogP contribution in [0.15, 0.2) is 23.1 Å². The van der Waals surface area contributed by atoms with Crippen molar-refractivity contribution in [1.82, 2.24) is 9.62 Å². The zero-order chi connectivity index (χ0) is 15.6. The van der Waals surface area contributed by atoms with Gasteiger partial charge in [0.2, 0.25) is 15.9 Å². The third-order valence-corrected chi connectivity index (χ3v) is 5.88. The number of sulfonamides is 1. The number of carbonyl (C=O) groups excluding carboxylic acids is 1. The molecule has 1 amide bonds. The van der Waals surface area contributed by atoms with Gasteiger partial charge in [0.05, 0.1) is 4.90 Å². The summed E-state index contributed by atoms with van der Waals surface area (Å²) in [7, 11) is -2.02. The molecule has 3 N–H and O–H groups in total. The van der Waals surface area contributed by atoms with Crippen molar-refractivity contribution in [2.45, 2.75) is 30.7 Å². The van der Waals surface area contributed by atoms with E-state index in [0.29, 0.717) is 5.56 Å². The number of nitrogens with two attached hydrogens (primary N) is 1. The number of nitrogens with one attached hydrogen (secondary N) is 1. The number of amides is 1. The minimum atomic E-state index is -3.61. The summed E-state index contributed by atoms with van der Waals surface area (Å²) in [5.74, 6) is -0.617. The van der Waals surface area contributed by atoms with Crippen molar-refractivity contribution in [2.24, 2.45) is 5.73 Å². The van der Waals surface area contributed by atoms with Crippen molar-refractivity contribution < 1.29 is 13.2 Å². The highest BCUT2D eigenvalue weighted by molar-refractivity contribution is 7.89. The molecule has 1 saturated heterocycles. The van der Waals surface area contributed by atoms with Crippen molar-refractivity contribution in [3.8, 4) is 0 Å². The summed E-state index contributed by atoms with van der Waals surface area (Å²) < 4.78 is 26.7. The number of aryl methyl sites for hydroxylation is 1. The fraction of sp³-hybridized carbons (Fsp3) is 0.500. The zero-order valence-electron chi connectivity index (χ0n) is 12.7. The van der Waals surface area contributed by atoms with Crippen LogP contribution in [0.5, 0.6) is 0 Å². The lowest BCUT2D eigenvalue weighted by atomic mass is 10.1. The number of rotatable bonds is 4. The fourth-order valence-corrected chi connectivity index (χ4v) is 4.00. The summed E-state index contributed by atoms with van der Waals surface area (Å²) in [5.41, 5.74) is 6.21. The molecule has 1 aliphatic heterocycles. The normalized spacial score (nSPS) is 16.3. The van der Waals surface area contributed by atoms with Crippen LogP contribution in [0, 0.1) is 6.92 Å². The molecule has 8 heteroatoms. The fourth-order valence-electron chi connectivity index (χ4n) is 2.56. The largest absolute Gasteiger partial charge is 0.366 e. The lowest BCUT2D eigenvalue weighted by Crippen LogP contribution is -2.43. The molecule has 1 aromatic rings. The number of primary amides is 1. The number of hydrogen-bond donors (Lipinski definition) is 2. The number of nitrogens with zero attached hydrogens (tertiary/aromatic N) is 1. The van der Waals surface area contributed by atoms with Gasteiger partial charge in [-0.1, -0.05) is 6.07 Å². The van der Waals surface area contributed by atoms with E-state index >= 15 is 0 Å². The second-order valence-corrected chi connectivity index (χ2v) is 7.34. The molecule has 0 radical (unpaired) electrons. The van der Waals surface area contributed by atoms with Crippen LogP contribution < -0.4 is 11.1 Å². The summed E-state index contributed by atoms with van der Waals surface area (Å²) in [6.07, 6.45) is 1.56. The Morgan fingerprint density at radius 1 is 1.32 bits per heavy atom. The van der Waals surface area contributed by atoms with Crippen LogP contribution >= 0.6 is 12.4 Å². The number of benzene rings is 1. The molecule has 22 heavy (non-hydrogen) atoms. The average Bonchev–Trinajstić information content (AvgIpc) is 2.47. The van der Waals surface area contributed by atoms with E-state index in [9.17, 15) is 13.2 Å². The quantitative estimate of drug-likeness (QED) is 0.846. The smallest absolute Gasteiger partial charge is 0.249 e. The first-order valence-corrected chi connectivity index (χ1v) is 8.37. The SMILES string of the molecule is Cc1ccc(S(=O)(=O)N(C)C2CCNCC2)cc1C(N)=O.Cl. The van der Waals surface area contributed by atoms with Crippen molar-refractivity contribution in [3.05, 3.63) is 29.3 Å². The molecule has 1 aromatic carbocycles. The highest BCUT2D eigenvalue weighted by Gasteiger charge is 2.29. The van der Waals surface area contributed by atoms with E-state index in [1.807, 2.05) is 0 Å². The number of halogens is 1. The first kappa shape index (κ1) is 18.9. The molecule has 124 valence electrons. The van der Waals surface area contributed by atoms with Gasteiger partial charge in [0.15, 0.2) is 0 Å². The third-order valence-electron chi connectivity index (χ3n) is 3.97. The Kier molecular flexibility index (Phi) is 6.37. The highest BCUT2D eigenvalue weighted by atomic mass is 35.5. The van der Waals surface area contributed by atoms with Crippen molar-refractivity contribution in [3.63, 3.8) is 0 Å². The van der Waals surface area contributed by atoms with Crippen molar-refractivity contribution in [1.29, 1.82) is 0 Å². The average molecular weight is 348 g/mol. The second kappa shape index (κ2) is 7.41. The number of carbonyl (C=O) groups is 1. The van der Waals surface area contributed by atoms with Crippen LogP contribution in [-0.4, -0.2) is 44.8 Å². The van der Waals surface area contributed by atoms with Crippen LogP contribution in [0.3, 0.4) is 0 Å². The molecule has 1 aliphatic rings. The molecule has 2 rings (SSSR count). The van der Waals surface area contributed by atoms with Gasteiger partial charge in [0.25, 0.3) is 0 Å². The molecule has 0 aliphatic carbocycles. The zero-order valence-corrected chi connectivity index (χ0v) is 14.3. The van der Waals surface area contributed by atoms with E-state index in [4.69, 9.17) is 5.73 Å². The first-order valence-electron chi connectivity index (χ1n) is 6.93. The summed E-state index contributed by atoms with van der Waals surface area (Å²) in [4.78, 5) is 11.5. The van der Waals surface area contributed by atoms with Crippen LogP contribution in [-0.2, 0) is 10.0 Å². The van der Waals surface area contributed by atoms with Crippen LogP contribution in [0.4, 0.5) is 0 Å². The molecular formula is C14H22ClN3O3S. The monoisotopic (exact) mass is 347 g/mol. The Morgan fingerprint density at radius 2 is 1.91 bits per heavy atom. The molecule has 6 nitrogen and oxygen atoms in total. The van der Waals surface area contributed by atoms with Crippen molar-refractivity contribution in [2.75, 3.05) is 20.1 Å². The molecule has 0 spiro atoms. The summed E-state index contributed by atoms with van der Waals surface area (Å²) in [6.45, 7) is 3.35. The minimum absolute atomic E-state index is 0. The number of piperidine rings is 1. The Balaban J connectivity index is 0.00000242. The van der Waals surface area contributed by atoms with E-state index in [0.717, 1.165) is 25.9 Å². The molecule has 0 atom stereocenters. The van der Waals surface area contributed by atoms with Gasteiger partial charge in [-0.05, 0) is 50.6 Å². The van der Waals surface area contributed by atoms with E-state index in [-0.39, 0.29) is 28.9 Å². The maximum atomic E-state index is 12.7. The molecule has 0 aromatic heterocycles. The van der Waals surface area contributed by atoms with Crippen LogP contribution in [0.1, 0.15) is 28.8 Å². The maximum Gasteiger partial charge on any atom is 0.249 e. The molecule has 1 heterocycles. The summed E-state index contributed by atoms with van der Waals surface area (Å²) in [6, 6.07) is 4.48. The predicted octanol–water partition coefficient (Wildman–Crippen LogP) is 0.888. The molecular weight excluding hydrogens is 326 g/mol. The molecule has 1 fully saturated rings. The van der Waals surface area contributed by atoms with Gasteiger partial charge in [-0.2, -0.15) is 4.31 Å². The van der Waals surface area contributed by atoms with Gasteiger partial charge in [0.1, 0.15) is 0 Å². The molecule has 0 saturated carbocycles. The van der Waals surface area contributed by atoms with Gasteiger partial charge in [-0.15, -0.1) is 12.4 Å². The standard InChI is InChI=1S/C14H21N3O3S.ClH/c1-10-3-4-12(9-13(10)14(15)18)21(19,20)17(2)11-5-7-16-8-6-11;/h3-4,9,11,16H,5-8H2,1-2H3,(H2,15,18);1H. The summed E-state index contributed by atoms with van der Waals surface area (Å²) >= 11 is 0. The minimum Gasteiger partial charge on any atom is -0.366 e. The van der Waals surface area contributed by atoms with Crippen LogP contribution in [0.2, 0.25) is 0 Å². The Hall–Kier alpha value is -1.15. The lowest BCUT2D eigenvalue weighted by molar-refractivity contribution is 0.0999. The number of hydrogen-bond acceptors (Lipinski definition) is 4. The Labute approximate surface area is 137 Å². The lowest BCUT2D eigenvalue weighted by Gasteiger charge is -2.31. The topological polar surface area (TPSA) is 92.5 Å². The van der Waals surface area contributed by atoms with Gasteiger partial charge in [-0.3, -0.25) is 4.79 Å². The van der Waals surface area contributed by atoms with Gasteiger partial charge in [0, 0.05) is 18.7 Å². The maximum absolute atomic E-state index is 12.7. The first-order chi connectivity index (χ1) is 9.84. The molecule has 0 unspecified atom stereocenters. The highest BCUT2D eigenvalue weighted by Crippen LogP contribution is 2.22. The van der Waals surface area contributed by atoms with E-state index in [1.165, 1.54) is 16.4 Å². The van der Waals surface area contributed by atoms with E-state index in [2.05, 4.69) is 5.32 Å². The Morgan fingerprint density at radius 3 is 2.45 bits per heavy atom. The second-order valence-electron chi connectivity index (χ2n) is 5.34. The summed E-state index contributed by atoms with van der Waals surface area (Å²) in [5, 5.41) is 3.21. The van der Waals surface area contributed by atoms with Gasteiger partial charge < -0.3 is 11.1 Å². The molecule has 0 bridgehead atoms. The van der Waals surface area contributed by atoms with Crippen LogP contribution in [0.25, 0.3) is 0 Å². The Bertz CT molecular complexity index is 643. The third kappa shape index (κ3) is 3.78.